The van der Waals surface area contributed by atoms with Crippen LogP contribution in [0.2, 0.25) is 5.02 Å². The maximum atomic E-state index is 12.9. The van der Waals surface area contributed by atoms with Crippen LogP contribution in [0.15, 0.2) is 53.1 Å². The van der Waals surface area contributed by atoms with Gasteiger partial charge < -0.3 is 19.3 Å². The molecule has 31 heavy (non-hydrogen) atoms. The van der Waals surface area contributed by atoms with Crippen molar-refractivity contribution in [3.05, 3.63) is 65.0 Å². The highest BCUT2D eigenvalue weighted by Crippen LogP contribution is 2.34. The molecule has 1 fully saturated rings. The number of nitrogens with zero attached hydrogens (tertiary/aromatic N) is 3. The number of carbonyl (C=O) groups is 1. The van der Waals surface area contributed by atoms with Gasteiger partial charge in [-0.3, -0.25) is 4.79 Å². The Morgan fingerprint density at radius 1 is 1.23 bits per heavy atom. The van der Waals surface area contributed by atoms with Crippen LogP contribution in [0, 0.1) is 0 Å². The van der Waals surface area contributed by atoms with E-state index in [-0.39, 0.29) is 36.3 Å². The molecule has 3 aromatic rings. The fraction of sp³-hybridized carbons (Fsp3) is 0.250. The van der Waals surface area contributed by atoms with Gasteiger partial charge in [-0.1, -0.05) is 22.8 Å². The molecule has 0 radical (unpaired) electrons. The van der Waals surface area contributed by atoms with Gasteiger partial charge in [-0.15, -0.1) is 13.2 Å². The Balaban J connectivity index is 1.55. The van der Waals surface area contributed by atoms with E-state index in [9.17, 15) is 23.1 Å². The van der Waals surface area contributed by atoms with Crippen LogP contribution < -0.4 is 4.74 Å². The summed E-state index contributed by atoms with van der Waals surface area (Å²) in [4.78, 5) is 18.6. The van der Waals surface area contributed by atoms with E-state index in [1.54, 1.807) is 18.2 Å². The van der Waals surface area contributed by atoms with Gasteiger partial charge >= 0.3 is 6.36 Å². The summed E-state index contributed by atoms with van der Waals surface area (Å²) in [7, 11) is 0. The second-order valence-electron chi connectivity index (χ2n) is 6.90. The van der Waals surface area contributed by atoms with E-state index in [2.05, 4.69) is 14.9 Å². The summed E-state index contributed by atoms with van der Waals surface area (Å²) >= 11 is 5.96. The van der Waals surface area contributed by atoms with E-state index in [1.165, 1.54) is 23.1 Å². The monoisotopic (exact) mass is 453 g/mol. The Hall–Kier alpha value is -3.11. The summed E-state index contributed by atoms with van der Waals surface area (Å²) in [6.07, 6.45) is -5.36. The SMILES string of the molecule is O=C(c1cccc(Cl)c1)N1C[C@H](O)CC1c1nc(-c2ccc(OC(F)(F)F)cc2)no1. The lowest BCUT2D eigenvalue weighted by Gasteiger charge is -2.21. The zero-order chi connectivity index (χ0) is 22.2. The van der Waals surface area contributed by atoms with Crippen LogP contribution in [-0.4, -0.2) is 45.1 Å². The van der Waals surface area contributed by atoms with E-state index in [4.69, 9.17) is 16.1 Å². The van der Waals surface area contributed by atoms with E-state index < -0.39 is 18.5 Å². The maximum absolute atomic E-state index is 12.9. The lowest BCUT2D eigenvalue weighted by molar-refractivity contribution is -0.274. The smallest absolute Gasteiger partial charge is 0.406 e. The van der Waals surface area contributed by atoms with Crippen molar-refractivity contribution in [2.45, 2.75) is 24.9 Å². The van der Waals surface area contributed by atoms with Crippen LogP contribution in [0.4, 0.5) is 13.2 Å². The van der Waals surface area contributed by atoms with Gasteiger partial charge in [0.15, 0.2) is 0 Å². The zero-order valence-corrected chi connectivity index (χ0v) is 16.5. The van der Waals surface area contributed by atoms with Crippen molar-refractivity contribution in [1.82, 2.24) is 15.0 Å². The van der Waals surface area contributed by atoms with Gasteiger partial charge in [0.25, 0.3) is 5.91 Å². The van der Waals surface area contributed by atoms with E-state index in [1.807, 2.05) is 0 Å². The molecule has 0 aliphatic carbocycles. The van der Waals surface area contributed by atoms with Crippen LogP contribution in [0.3, 0.4) is 0 Å². The molecule has 1 amide bonds. The number of benzene rings is 2. The zero-order valence-electron chi connectivity index (χ0n) is 15.7. The fourth-order valence-electron chi connectivity index (χ4n) is 3.35. The highest BCUT2D eigenvalue weighted by Gasteiger charge is 2.39. The van der Waals surface area contributed by atoms with Crippen LogP contribution in [0.5, 0.6) is 5.75 Å². The largest absolute Gasteiger partial charge is 0.573 e. The van der Waals surface area contributed by atoms with Crippen molar-refractivity contribution in [2.24, 2.45) is 0 Å². The second-order valence-corrected chi connectivity index (χ2v) is 7.34. The molecule has 1 saturated heterocycles. The molecule has 1 N–H and O–H groups in total. The first kappa shape index (κ1) is 21.1. The van der Waals surface area contributed by atoms with Crippen LogP contribution in [0.1, 0.15) is 28.7 Å². The summed E-state index contributed by atoms with van der Waals surface area (Å²) in [5, 5.41) is 14.4. The number of hydrogen-bond acceptors (Lipinski definition) is 6. The standard InChI is InChI=1S/C20H15ClF3N3O4/c21-13-3-1-2-12(8-13)19(29)27-10-14(28)9-16(27)18-25-17(26-31-18)11-4-6-15(7-5-11)30-20(22,23)24/h1-8,14,16,28H,9-10H2/t14-,16?/m1/s1. The van der Waals surface area contributed by atoms with Crippen molar-refractivity contribution in [3.63, 3.8) is 0 Å². The van der Waals surface area contributed by atoms with E-state index >= 15 is 0 Å². The second kappa shape index (κ2) is 8.20. The number of amides is 1. The highest BCUT2D eigenvalue weighted by atomic mass is 35.5. The van der Waals surface area contributed by atoms with Gasteiger partial charge in [0.2, 0.25) is 11.7 Å². The van der Waals surface area contributed by atoms with E-state index in [0.717, 1.165) is 12.1 Å². The van der Waals surface area contributed by atoms with Crippen LogP contribution >= 0.6 is 11.6 Å². The number of carbonyl (C=O) groups excluding carboxylic acids is 1. The number of alkyl halides is 3. The number of halogens is 4. The predicted octanol–water partition coefficient (Wildman–Crippen LogP) is 4.24. The Bertz CT molecular complexity index is 1090. The maximum Gasteiger partial charge on any atom is 0.573 e. The Morgan fingerprint density at radius 3 is 2.65 bits per heavy atom. The van der Waals surface area contributed by atoms with Gasteiger partial charge in [-0.05, 0) is 42.5 Å². The van der Waals surface area contributed by atoms with Crippen molar-refractivity contribution < 1.29 is 32.3 Å². The number of aromatic nitrogens is 2. The average Bonchev–Trinajstić information content (AvgIpc) is 3.33. The van der Waals surface area contributed by atoms with Crippen molar-refractivity contribution >= 4 is 17.5 Å². The molecule has 2 aromatic carbocycles. The van der Waals surface area contributed by atoms with Crippen molar-refractivity contribution in [1.29, 1.82) is 0 Å². The van der Waals surface area contributed by atoms with Gasteiger partial charge in [-0.2, -0.15) is 4.98 Å². The first-order chi connectivity index (χ1) is 14.7. The van der Waals surface area contributed by atoms with Gasteiger partial charge in [0.1, 0.15) is 11.8 Å². The molecular weight excluding hydrogens is 439 g/mol. The molecule has 1 aliphatic heterocycles. The number of aliphatic hydroxyl groups excluding tert-OH is 1. The summed E-state index contributed by atoms with van der Waals surface area (Å²) in [6.45, 7) is 0.0806. The average molecular weight is 454 g/mol. The predicted molar refractivity (Wildman–Crippen MR) is 102 cm³/mol. The number of β-amino-alcohol motifs (C(OH)–C–C–N with tert-alkyl or cyclic N) is 1. The van der Waals surface area contributed by atoms with Crippen LogP contribution in [-0.2, 0) is 0 Å². The third kappa shape index (κ3) is 4.80. The molecule has 1 aromatic heterocycles. The molecule has 7 nitrogen and oxygen atoms in total. The third-order valence-corrected chi connectivity index (χ3v) is 4.92. The first-order valence-electron chi connectivity index (χ1n) is 9.14. The number of hydrogen-bond donors (Lipinski definition) is 1. The molecule has 0 bridgehead atoms. The molecule has 1 aliphatic rings. The van der Waals surface area contributed by atoms with Gasteiger partial charge in [0.05, 0.1) is 6.10 Å². The molecular formula is C20H15ClF3N3O4. The number of aliphatic hydroxyl groups is 1. The topological polar surface area (TPSA) is 88.7 Å². The molecule has 162 valence electrons. The minimum atomic E-state index is -4.79. The summed E-state index contributed by atoms with van der Waals surface area (Å²) in [5.74, 6) is -0.489. The minimum Gasteiger partial charge on any atom is -0.406 e. The Morgan fingerprint density at radius 2 is 1.97 bits per heavy atom. The molecule has 0 spiro atoms. The quantitative estimate of drug-likeness (QED) is 0.635. The lowest BCUT2D eigenvalue weighted by Crippen LogP contribution is -2.31. The van der Waals surface area contributed by atoms with E-state index in [0.29, 0.717) is 16.1 Å². The molecule has 2 heterocycles. The number of ether oxygens (including phenoxy) is 1. The summed E-state index contributed by atoms with van der Waals surface area (Å²) in [5.41, 5.74) is 0.752. The molecule has 11 heteroatoms. The Kier molecular flexibility index (Phi) is 5.59. The first-order valence-corrected chi connectivity index (χ1v) is 9.52. The van der Waals surface area contributed by atoms with Crippen LogP contribution in [0.25, 0.3) is 11.4 Å². The lowest BCUT2D eigenvalue weighted by atomic mass is 10.1. The number of rotatable bonds is 4. The normalized spacial score (nSPS) is 18.9. The molecule has 0 saturated carbocycles. The third-order valence-electron chi connectivity index (χ3n) is 4.68. The summed E-state index contributed by atoms with van der Waals surface area (Å²) in [6, 6.07) is 10.7. The molecule has 1 unspecified atom stereocenters. The van der Waals surface area contributed by atoms with Gasteiger partial charge in [-0.25, -0.2) is 0 Å². The van der Waals surface area contributed by atoms with Crippen molar-refractivity contribution in [3.8, 4) is 17.1 Å². The molecule has 4 rings (SSSR count). The minimum absolute atomic E-state index is 0.0806. The van der Waals surface area contributed by atoms with Gasteiger partial charge in [0, 0.05) is 29.1 Å². The Labute approximate surface area is 179 Å². The number of likely N-dealkylation sites (tertiary alicyclic amines) is 1. The van der Waals surface area contributed by atoms with Crippen molar-refractivity contribution in [2.75, 3.05) is 6.54 Å². The fourth-order valence-corrected chi connectivity index (χ4v) is 3.54. The molecule has 2 atom stereocenters. The highest BCUT2D eigenvalue weighted by molar-refractivity contribution is 6.30. The summed E-state index contributed by atoms with van der Waals surface area (Å²) < 4.78 is 46.0.